The van der Waals surface area contributed by atoms with Gasteiger partial charge in [-0.05, 0) is 36.4 Å². The van der Waals surface area contributed by atoms with Crippen LogP contribution in [0.3, 0.4) is 0 Å². The molecule has 4 aromatic rings. The fraction of sp³-hybridized carbons (Fsp3) is 0.0909. The normalized spacial score (nSPS) is 10.9. The van der Waals surface area contributed by atoms with Crippen molar-refractivity contribution < 1.29 is 36.2 Å². The van der Waals surface area contributed by atoms with E-state index in [4.69, 9.17) is 9.15 Å². The standard InChI is InChI=1S/C22H14F4N2O4/c1-30-12-7-8-14-13(9-12)28-22(32-14)10-3-5-11(6-4-10)27-21(29)15-16(23)18(25)20(31-2)19(26)17(15)24/h3-9H,1-2H3,(H,27,29). The molecule has 0 saturated heterocycles. The Morgan fingerprint density at radius 2 is 1.56 bits per heavy atom. The maximum Gasteiger partial charge on any atom is 0.261 e. The molecule has 0 unspecified atom stereocenters. The zero-order chi connectivity index (χ0) is 23.0. The average molecular weight is 446 g/mol. The monoisotopic (exact) mass is 446 g/mol. The van der Waals surface area contributed by atoms with E-state index < -0.39 is 40.5 Å². The number of benzene rings is 3. The summed E-state index contributed by atoms with van der Waals surface area (Å²) in [7, 11) is 2.37. The molecule has 0 radical (unpaired) electrons. The number of rotatable bonds is 5. The van der Waals surface area contributed by atoms with Crippen LogP contribution in [0.2, 0.25) is 0 Å². The van der Waals surface area contributed by atoms with Crippen molar-refractivity contribution in [2.24, 2.45) is 0 Å². The van der Waals surface area contributed by atoms with Crippen LogP contribution in [0.15, 0.2) is 46.9 Å². The number of hydrogen-bond acceptors (Lipinski definition) is 5. The van der Waals surface area contributed by atoms with Gasteiger partial charge in [0.25, 0.3) is 5.91 Å². The molecule has 3 aromatic carbocycles. The van der Waals surface area contributed by atoms with Gasteiger partial charge in [0.05, 0.1) is 14.2 Å². The van der Waals surface area contributed by atoms with Crippen LogP contribution in [0, 0.1) is 23.3 Å². The van der Waals surface area contributed by atoms with E-state index in [9.17, 15) is 22.4 Å². The maximum absolute atomic E-state index is 14.1. The van der Waals surface area contributed by atoms with Gasteiger partial charge in [0.2, 0.25) is 17.5 Å². The second kappa shape index (κ2) is 8.22. The number of ether oxygens (including phenoxy) is 2. The van der Waals surface area contributed by atoms with Crippen LogP contribution in [-0.2, 0) is 0 Å². The highest BCUT2D eigenvalue weighted by Gasteiger charge is 2.30. The molecule has 0 atom stereocenters. The minimum absolute atomic E-state index is 0.118. The second-order valence-electron chi connectivity index (χ2n) is 6.55. The molecule has 4 rings (SSSR count). The lowest BCUT2D eigenvalue weighted by molar-refractivity contribution is 0.101. The molecule has 1 amide bonds. The maximum atomic E-state index is 14.1. The first-order valence-corrected chi connectivity index (χ1v) is 9.10. The molecule has 0 bridgehead atoms. The van der Waals surface area contributed by atoms with E-state index in [-0.39, 0.29) is 5.69 Å². The molecule has 0 spiro atoms. The summed E-state index contributed by atoms with van der Waals surface area (Å²) in [6, 6.07) is 11.0. The predicted molar refractivity (Wildman–Crippen MR) is 107 cm³/mol. The van der Waals surface area contributed by atoms with Crippen LogP contribution in [0.1, 0.15) is 10.4 Å². The van der Waals surface area contributed by atoms with E-state index in [2.05, 4.69) is 15.0 Å². The fourth-order valence-corrected chi connectivity index (χ4v) is 3.04. The van der Waals surface area contributed by atoms with Crippen molar-refractivity contribution in [1.29, 1.82) is 0 Å². The van der Waals surface area contributed by atoms with Crippen LogP contribution in [0.4, 0.5) is 23.2 Å². The van der Waals surface area contributed by atoms with E-state index in [0.29, 0.717) is 28.3 Å². The summed E-state index contributed by atoms with van der Waals surface area (Å²) in [5.41, 5.74) is 0.376. The van der Waals surface area contributed by atoms with Gasteiger partial charge in [-0.1, -0.05) is 0 Å². The van der Waals surface area contributed by atoms with Crippen molar-refractivity contribution in [2.45, 2.75) is 0 Å². The Labute approximate surface area is 178 Å². The topological polar surface area (TPSA) is 73.6 Å². The van der Waals surface area contributed by atoms with Crippen molar-refractivity contribution in [2.75, 3.05) is 19.5 Å². The third kappa shape index (κ3) is 3.59. The minimum atomic E-state index is -1.86. The highest BCUT2D eigenvalue weighted by molar-refractivity contribution is 6.05. The zero-order valence-electron chi connectivity index (χ0n) is 16.6. The number of halogens is 4. The molecular weight excluding hydrogens is 432 g/mol. The van der Waals surface area contributed by atoms with E-state index in [1.165, 1.54) is 19.2 Å². The molecule has 0 fully saturated rings. The number of aromatic nitrogens is 1. The van der Waals surface area contributed by atoms with Crippen molar-refractivity contribution in [3.63, 3.8) is 0 Å². The number of carbonyl (C=O) groups is 1. The molecule has 6 nitrogen and oxygen atoms in total. The van der Waals surface area contributed by atoms with Gasteiger partial charge in [-0.2, -0.15) is 8.78 Å². The molecular formula is C22H14F4N2O4. The van der Waals surface area contributed by atoms with E-state index in [0.717, 1.165) is 7.11 Å². The highest BCUT2D eigenvalue weighted by atomic mass is 19.2. The van der Waals surface area contributed by atoms with E-state index in [1.807, 2.05) is 0 Å². The van der Waals surface area contributed by atoms with Crippen molar-refractivity contribution >= 4 is 22.7 Å². The Bertz CT molecular complexity index is 1310. The Kier molecular flexibility index (Phi) is 5.43. The largest absolute Gasteiger partial charge is 0.497 e. The summed E-state index contributed by atoms with van der Waals surface area (Å²) >= 11 is 0. The van der Waals surface area contributed by atoms with Gasteiger partial charge < -0.3 is 19.2 Å². The van der Waals surface area contributed by atoms with Crippen LogP contribution < -0.4 is 14.8 Å². The smallest absolute Gasteiger partial charge is 0.261 e. The number of carbonyl (C=O) groups excluding carboxylic acids is 1. The molecule has 164 valence electrons. The number of methoxy groups -OCH3 is 2. The summed E-state index contributed by atoms with van der Waals surface area (Å²) in [6.07, 6.45) is 0. The SMILES string of the molecule is COc1ccc2oc(-c3ccc(NC(=O)c4c(F)c(F)c(OC)c(F)c4F)cc3)nc2c1. The summed E-state index contributed by atoms with van der Waals surface area (Å²) in [6.45, 7) is 0. The third-order valence-corrected chi connectivity index (χ3v) is 4.64. The first-order valence-electron chi connectivity index (χ1n) is 9.10. The average Bonchev–Trinajstić information content (AvgIpc) is 3.22. The lowest BCUT2D eigenvalue weighted by atomic mass is 10.1. The summed E-state index contributed by atoms with van der Waals surface area (Å²) < 4.78 is 71.1. The molecule has 1 N–H and O–H groups in total. The number of nitrogens with zero attached hydrogens (tertiary/aromatic N) is 1. The van der Waals surface area contributed by atoms with Crippen LogP contribution in [-0.4, -0.2) is 25.1 Å². The quantitative estimate of drug-likeness (QED) is 0.332. The molecule has 0 aliphatic rings. The van der Waals surface area contributed by atoms with Gasteiger partial charge in [0.1, 0.15) is 16.8 Å². The first kappa shape index (κ1) is 21.2. The van der Waals surface area contributed by atoms with Gasteiger partial charge in [-0.3, -0.25) is 4.79 Å². The highest BCUT2D eigenvalue weighted by Crippen LogP contribution is 2.31. The number of nitrogens with one attached hydrogen (secondary N) is 1. The number of anilines is 1. The molecule has 32 heavy (non-hydrogen) atoms. The van der Waals surface area contributed by atoms with Crippen LogP contribution >= 0.6 is 0 Å². The lowest BCUT2D eigenvalue weighted by Crippen LogP contribution is -2.18. The summed E-state index contributed by atoms with van der Waals surface area (Å²) in [4.78, 5) is 16.6. The predicted octanol–water partition coefficient (Wildman–Crippen LogP) is 5.32. The van der Waals surface area contributed by atoms with Gasteiger partial charge in [0, 0.05) is 17.3 Å². The molecule has 0 aliphatic carbocycles. The van der Waals surface area contributed by atoms with E-state index in [1.54, 1.807) is 30.3 Å². The molecule has 1 aromatic heterocycles. The molecule has 0 saturated carbocycles. The molecule has 10 heteroatoms. The second-order valence-corrected chi connectivity index (χ2v) is 6.55. The van der Waals surface area contributed by atoms with Crippen LogP contribution in [0.25, 0.3) is 22.6 Å². The van der Waals surface area contributed by atoms with E-state index >= 15 is 0 Å². The Hall–Kier alpha value is -4.08. The van der Waals surface area contributed by atoms with Crippen LogP contribution in [0.5, 0.6) is 11.5 Å². The van der Waals surface area contributed by atoms with Gasteiger partial charge in [-0.15, -0.1) is 0 Å². The fourth-order valence-electron chi connectivity index (χ4n) is 3.04. The van der Waals surface area contributed by atoms with Gasteiger partial charge in [0.15, 0.2) is 23.0 Å². The van der Waals surface area contributed by atoms with Gasteiger partial charge >= 0.3 is 0 Å². The molecule has 0 aliphatic heterocycles. The minimum Gasteiger partial charge on any atom is -0.497 e. The summed E-state index contributed by atoms with van der Waals surface area (Å²) in [5, 5.41) is 2.19. The number of fused-ring (bicyclic) bond motifs is 1. The van der Waals surface area contributed by atoms with Crippen molar-refractivity contribution in [3.8, 4) is 23.0 Å². The Balaban J connectivity index is 1.59. The first-order chi connectivity index (χ1) is 15.3. The van der Waals surface area contributed by atoms with Crippen molar-refractivity contribution in [3.05, 3.63) is 71.3 Å². The number of oxazole rings is 1. The van der Waals surface area contributed by atoms with Gasteiger partial charge in [-0.25, -0.2) is 13.8 Å². The number of amides is 1. The Morgan fingerprint density at radius 3 is 2.16 bits per heavy atom. The number of hydrogen-bond donors (Lipinski definition) is 1. The Morgan fingerprint density at radius 1 is 0.906 bits per heavy atom. The third-order valence-electron chi connectivity index (χ3n) is 4.64. The molecule has 1 heterocycles. The summed E-state index contributed by atoms with van der Waals surface area (Å²) in [5.74, 6) is -9.06. The zero-order valence-corrected chi connectivity index (χ0v) is 16.6. The lowest BCUT2D eigenvalue weighted by Gasteiger charge is -2.11. The van der Waals surface area contributed by atoms with Crippen molar-refractivity contribution in [1.82, 2.24) is 4.98 Å².